The molecule has 4 rings (SSSR count). The van der Waals surface area contributed by atoms with Gasteiger partial charge in [-0.3, -0.25) is 9.59 Å². The van der Waals surface area contributed by atoms with E-state index in [0.29, 0.717) is 25.9 Å². The first-order valence-corrected chi connectivity index (χ1v) is 9.31. The van der Waals surface area contributed by atoms with Crippen LogP contribution in [0.3, 0.4) is 0 Å². The maximum absolute atomic E-state index is 12.8. The molecule has 3 aliphatic heterocycles. The van der Waals surface area contributed by atoms with Gasteiger partial charge < -0.3 is 20.4 Å². The third-order valence-corrected chi connectivity index (χ3v) is 5.98. The fraction of sp³-hybridized carbons (Fsp3) is 0.579. The van der Waals surface area contributed by atoms with Crippen LogP contribution in [0.2, 0.25) is 0 Å². The highest BCUT2D eigenvalue weighted by Crippen LogP contribution is 2.36. The topological polar surface area (TPSA) is 64.7 Å². The molecule has 6 nitrogen and oxygen atoms in total. The van der Waals surface area contributed by atoms with Gasteiger partial charge in [0.05, 0.1) is 17.3 Å². The predicted molar refractivity (Wildman–Crippen MR) is 97.5 cm³/mol. The van der Waals surface area contributed by atoms with E-state index in [4.69, 9.17) is 0 Å². The van der Waals surface area contributed by atoms with E-state index >= 15 is 0 Å². The first-order valence-electron chi connectivity index (χ1n) is 9.31. The Balaban J connectivity index is 1.41. The summed E-state index contributed by atoms with van der Waals surface area (Å²) >= 11 is 0. The number of nitrogens with zero attached hydrogens (tertiary/aromatic N) is 2. The van der Waals surface area contributed by atoms with Crippen molar-refractivity contribution in [3.8, 4) is 0 Å². The summed E-state index contributed by atoms with van der Waals surface area (Å²) in [7, 11) is 0. The lowest BCUT2D eigenvalue weighted by Gasteiger charge is -2.44. The Labute approximate surface area is 148 Å². The second kappa shape index (κ2) is 6.33. The fourth-order valence-electron chi connectivity index (χ4n) is 4.30. The van der Waals surface area contributed by atoms with Gasteiger partial charge in [0, 0.05) is 19.6 Å². The van der Waals surface area contributed by atoms with E-state index in [0.717, 1.165) is 37.4 Å². The van der Waals surface area contributed by atoms with E-state index in [9.17, 15) is 9.59 Å². The second-order valence-corrected chi connectivity index (χ2v) is 7.41. The highest BCUT2D eigenvalue weighted by molar-refractivity contribution is 6.06. The molecule has 0 radical (unpaired) electrons. The number of hydrogen-bond acceptors (Lipinski definition) is 4. The van der Waals surface area contributed by atoms with Crippen LogP contribution in [0.1, 0.15) is 26.2 Å². The number of likely N-dealkylation sites (tertiary alicyclic amines) is 2. The number of piperidine rings is 1. The molecule has 134 valence electrons. The van der Waals surface area contributed by atoms with E-state index in [1.807, 2.05) is 29.2 Å². The van der Waals surface area contributed by atoms with Crippen molar-refractivity contribution in [1.82, 2.24) is 9.80 Å². The Morgan fingerprint density at radius 1 is 1.20 bits per heavy atom. The second-order valence-electron chi connectivity index (χ2n) is 7.41. The molecule has 0 unspecified atom stereocenters. The molecule has 25 heavy (non-hydrogen) atoms. The maximum atomic E-state index is 12.8. The number of fused-ring (bicyclic) bond motifs is 1. The van der Waals surface area contributed by atoms with Crippen molar-refractivity contribution in [1.29, 1.82) is 0 Å². The highest BCUT2D eigenvalue weighted by atomic mass is 16.2. The molecule has 2 saturated heterocycles. The minimum Gasteiger partial charge on any atom is -0.369 e. The number of hydrogen-bond donors (Lipinski definition) is 2. The number of benzene rings is 1. The van der Waals surface area contributed by atoms with Gasteiger partial charge in [-0.25, -0.2) is 0 Å². The number of amides is 2. The molecule has 0 saturated carbocycles. The Bertz CT molecular complexity index is 682. The zero-order valence-electron chi connectivity index (χ0n) is 14.8. The summed E-state index contributed by atoms with van der Waals surface area (Å²) in [5, 5.41) is 6.47. The molecule has 0 aliphatic carbocycles. The number of carbonyl (C=O) groups excluding carboxylic acids is 2. The van der Waals surface area contributed by atoms with Gasteiger partial charge in [-0.2, -0.15) is 0 Å². The molecule has 0 aromatic heterocycles. The Hall–Kier alpha value is -2.08. The first-order chi connectivity index (χ1) is 12.1. The van der Waals surface area contributed by atoms with Gasteiger partial charge in [-0.15, -0.1) is 0 Å². The third kappa shape index (κ3) is 2.88. The SMILES string of the molecule is CCN1CC[C@H](C(=O)N2CCC3(CC2)Nc2ccccc2NC3=O)C1. The average molecular weight is 342 g/mol. The summed E-state index contributed by atoms with van der Waals surface area (Å²) < 4.78 is 0. The number of carbonyl (C=O) groups is 2. The quantitative estimate of drug-likeness (QED) is 0.859. The van der Waals surface area contributed by atoms with Crippen LogP contribution in [0.15, 0.2) is 24.3 Å². The molecule has 1 atom stereocenters. The predicted octanol–water partition coefficient (Wildman–Crippen LogP) is 1.75. The molecule has 1 aromatic rings. The molecule has 0 bridgehead atoms. The highest BCUT2D eigenvalue weighted by Gasteiger charge is 2.45. The van der Waals surface area contributed by atoms with Crippen LogP contribution < -0.4 is 10.6 Å². The van der Waals surface area contributed by atoms with Gasteiger partial charge in [-0.1, -0.05) is 19.1 Å². The molecule has 1 aromatic carbocycles. The number of anilines is 2. The minimum atomic E-state index is -0.587. The molecule has 2 amide bonds. The van der Waals surface area contributed by atoms with Crippen molar-refractivity contribution in [2.75, 3.05) is 43.4 Å². The molecule has 2 N–H and O–H groups in total. The first kappa shape index (κ1) is 16.4. The van der Waals surface area contributed by atoms with Crippen LogP contribution in [0, 0.1) is 5.92 Å². The van der Waals surface area contributed by atoms with Gasteiger partial charge in [-0.05, 0) is 44.5 Å². The van der Waals surface area contributed by atoms with Gasteiger partial charge in [0.25, 0.3) is 0 Å². The molecule has 2 fully saturated rings. The normalized spacial score (nSPS) is 25.4. The summed E-state index contributed by atoms with van der Waals surface area (Å²) in [4.78, 5) is 29.8. The van der Waals surface area contributed by atoms with Crippen LogP contribution in [-0.4, -0.2) is 59.9 Å². The summed E-state index contributed by atoms with van der Waals surface area (Å²) in [6.07, 6.45) is 2.27. The Morgan fingerprint density at radius 3 is 2.60 bits per heavy atom. The standard InChI is InChI=1S/C19H26N4O2/c1-2-22-10-7-14(13-22)17(24)23-11-8-19(9-12-23)18(25)20-15-5-3-4-6-16(15)21-19/h3-6,14,21H,2,7-13H2,1H3,(H,20,25)/t14-/m0/s1. The summed E-state index contributed by atoms with van der Waals surface area (Å²) in [5.74, 6) is 0.418. The van der Waals surface area contributed by atoms with Crippen molar-refractivity contribution in [2.45, 2.75) is 31.7 Å². The molecular weight excluding hydrogens is 316 g/mol. The van der Waals surface area contributed by atoms with Crippen LogP contribution in [-0.2, 0) is 9.59 Å². The van der Waals surface area contributed by atoms with E-state index in [1.165, 1.54) is 0 Å². The number of rotatable bonds is 2. The van der Waals surface area contributed by atoms with Crippen LogP contribution in [0.5, 0.6) is 0 Å². The largest absolute Gasteiger partial charge is 0.369 e. The van der Waals surface area contributed by atoms with Crippen LogP contribution in [0.25, 0.3) is 0 Å². The van der Waals surface area contributed by atoms with Crippen molar-refractivity contribution in [3.05, 3.63) is 24.3 Å². The number of para-hydroxylation sites is 2. The molecule has 1 spiro atoms. The third-order valence-electron chi connectivity index (χ3n) is 5.98. The lowest BCUT2D eigenvalue weighted by molar-refractivity contribution is -0.138. The van der Waals surface area contributed by atoms with Crippen molar-refractivity contribution < 1.29 is 9.59 Å². The smallest absolute Gasteiger partial charge is 0.250 e. The van der Waals surface area contributed by atoms with Gasteiger partial charge >= 0.3 is 0 Å². The fourth-order valence-corrected chi connectivity index (χ4v) is 4.30. The Kier molecular flexibility index (Phi) is 4.15. The Morgan fingerprint density at radius 2 is 1.92 bits per heavy atom. The monoisotopic (exact) mass is 342 g/mol. The molecule has 6 heteroatoms. The summed E-state index contributed by atoms with van der Waals surface area (Å²) in [5.41, 5.74) is 1.22. The van der Waals surface area contributed by atoms with Crippen LogP contribution in [0.4, 0.5) is 11.4 Å². The van der Waals surface area contributed by atoms with E-state index < -0.39 is 5.54 Å². The van der Waals surface area contributed by atoms with Crippen molar-refractivity contribution in [3.63, 3.8) is 0 Å². The molecule has 3 heterocycles. The van der Waals surface area contributed by atoms with E-state index in [1.54, 1.807) is 0 Å². The van der Waals surface area contributed by atoms with Crippen molar-refractivity contribution >= 4 is 23.2 Å². The zero-order valence-corrected chi connectivity index (χ0v) is 14.8. The van der Waals surface area contributed by atoms with E-state index in [-0.39, 0.29) is 17.7 Å². The minimum absolute atomic E-state index is 0.0244. The number of nitrogens with one attached hydrogen (secondary N) is 2. The lowest BCUT2D eigenvalue weighted by atomic mass is 9.84. The van der Waals surface area contributed by atoms with Crippen molar-refractivity contribution in [2.24, 2.45) is 5.92 Å². The van der Waals surface area contributed by atoms with Gasteiger partial charge in [0.1, 0.15) is 5.54 Å². The van der Waals surface area contributed by atoms with E-state index in [2.05, 4.69) is 22.5 Å². The zero-order chi connectivity index (χ0) is 17.4. The maximum Gasteiger partial charge on any atom is 0.250 e. The van der Waals surface area contributed by atoms with Crippen LogP contribution >= 0.6 is 0 Å². The van der Waals surface area contributed by atoms with Gasteiger partial charge in [0.15, 0.2) is 0 Å². The average Bonchev–Trinajstić information content (AvgIpc) is 3.12. The molecule has 3 aliphatic rings. The van der Waals surface area contributed by atoms with Gasteiger partial charge in [0.2, 0.25) is 11.8 Å². The summed E-state index contributed by atoms with van der Waals surface area (Å²) in [6, 6.07) is 7.79. The summed E-state index contributed by atoms with van der Waals surface area (Å²) in [6.45, 7) is 6.34. The molecular formula is C19H26N4O2. The lowest BCUT2D eigenvalue weighted by Crippen LogP contribution is -2.59.